The Labute approximate surface area is 156 Å². The molecule has 140 valence electrons. The predicted octanol–water partition coefficient (Wildman–Crippen LogP) is 1.93. The standard InChI is InChI=1S/C18H21ClN2O5/c1-26-14-5-4-11(19)9-12(14)16(23)21-8-2-3-13(21)15(22)20-10-18(6-7-18)17(24)25/h4-5,9,13H,2-3,6-8,10H2,1H3,(H,20,22)(H,24,25). The van der Waals surface area contributed by atoms with Gasteiger partial charge in [0.25, 0.3) is 5.91 Å². The number of carbonyl (C=O) groups excluding carboxylic acids is 2. The van der Waals surface area contributed by atoms with Gasteiger partial charge in [-0.05, 0) is 43.9 Å². The highest BCUT2D eigenvalue weighted by molar-refractivity contribution is 6.31. The molecular formula is C18H21ClN2O5. The van der Waals surface area contributed by atoms with E-state index in [-0.39, 0.29) is 18.4 Å². The van der Waals surface area contributed by atoms with Crippen molar-refractivity contribution in [2.75, 3.05) is 20.2 Å². The number of benzene rings is 1. The van der Waals surface area contributed by atoms with Gasteiger partial charge >= 0.3 is 5.97 Å². The van der Waals surface area contributed by atoms with Crippen LogP contribution in [0.3, 0.4) is 0 Å². The number of likely N-dealkylation sites (tertiary alicyclic amines) is 1. The molecular weight excluding hydrogens is 360 g/mol. The number of carboxylic acid groups (broad SMARTS) is 1. The van der Waals surface area contributed by atoms with Crippen molar-refractivity contribution in [2.45, 2.75) is 31.7 Å². The number of nitrogens with one attached hydrogen (secondary N) is 1. The van der Waals surface area contributed by atoms with Crippen molar-refractivity contribution < 1.29 is 24.2 Å². The molecule has 1 saturated carbocycles. The Hall–Kier alpha value is -2.28. The summed E-state index contributed by atoms with van der Waals surface area (Å²) in [5.74, 6) is -1.13. The van der Waals surface area contributed by atoms with Gasteiger partial charge in [0.1, 0.15) is 11.8 Å². The zero-order valence-corrected chi connectivity index (χ0v) is 15.2. The molecule has 1 aliphatic heterocycles. The van der Waals surface area contributed by atoms with E-state index in [2.05, 4.69) is 5.32 Å². The number of methoxy groups -OCH3 is 1. The van der Waals surface area contributed by atoms with Crippen LogP contribution in [0.15, 0.2) is 18.2 Å². The highest BCUT2D eigenvalue weighted by Gasteiger charge is 2.50. The molecule has 1 unspecified atom stereocenters. The van der Waals surface area contributed by atoms with Gasteiger partial charge in [-0.15, -0.1) is 0 Å². The van der Waals surface area contributed by atoms with Crippen LogP contribution < -0.4 is 10.1 Å². The molecule has 1 aliphatic carbocycles. The van der Waals surface area contributed by atoms with Crippen LogP contribution in [0.1, 0.15) is 36.0 Å². The molecule has 0 aromatic heterocycles. The quantitative estimate of drug-likeness (QED) is 0.786. The number of ether oxygens (including phenoxy) is 1. The van der Waals surface area contributed by atoms with E-state index in [0.717, 1.165) is 0 Å². The van der Waals surface area contributed by atoms with Crippen LogP contribution in [-0.4, -0.2) is 54.0 Å². The van der Waals surface area contributed by atoms with Crippen LogP contribution in [0, 0.1) is 5.41 Å². The van der Waals surface area contributed by atoms with Gasteiger partial charge in [-0.3, -0.25) is 14.4 Å². The number of rotatable bonds is 6. The van der Waals surface area contributed by atoms with Gasteiger partial charge in [-0.1, -0.05) is 11.6 Å². The SMILES string of the molecule is COc1ccc(Cl)cc1C(=O)N1CCCC1C(=O)NCC1(C(=O)O)CC1. The van der Waals surface area contributed by atoms with Gasteiger partial charge in [-0.25, -0.2) is 0 Å². The summed E-state index contributed by atoms with van der Waals surface area (Å²) >= 11 is 6.00. The highest BCUT2D eigenvalue weighted by Crippen LogP contribution is 2.45. The van der Waals surface area contributed by atoms with Gasteiger partial charge in [-0.2, -0.15) is 0 Å². The maximum absolute atomic E-state index is 12.9. The monoisotopic (exact) mass is 380 g/mol. The summed E-state index contributed by atoms with van der Waals surface area (Å²) in [5.41, 5.74) is -0.525. The molecule has 1 aromatic carbocycles. The Morgan fingerprint density at radius 3 is 2.73 bits per heavy atom. The second kappa shape index (κ2) is 7.15. The summed E-state index contributed by atoms with van der Waals surface area (Å²) in [6.45, 7) is 0.552. The summed E-state index contributed by atoms with van der Waals surface area (Å²) < 4.78 is 5.23. The van der Waals surface area contributed by atoms with Gasteiger partial charge in [0, 0.05) is 18.1 Å². The van der Waals surface area contributed by atoms with Gasteiger partial charge < -0.3 is 20.1 Å². The van der Waals surface area contributed by atoms with E-state index in [9.17, 15) is 19.5 Å². The van der Waals surface area contributed by atoms with Crippen LogP contribution in [0.5, 0.6) is 5.75 Å². The third kappa shape index (κ3) is 3.49. The van der Waals surface area contributed by atoms with Crippen molar-refractivity contribution in [3.8, 4) is 5.75 Å². The van der Waals surface area contributed by atoms with Gasteiger partial charge in [0.05, 0.1) is 18.1 Å². The molecule has 2 fully saturated rings. The number of hydrogen-bond acceptors (Lipinski definition) is 4. The van der Waals surface area contributed by atoms with Gasteiger partial charge in [0.2, 0.25) is 5.91 Å². The molecule has 7 nitrogen and oxygen atoms in total. The van der Waals surface area contributed by atoms with E-state index in [0.29, 0.717) is 48.6 Å². The zero-order chi connectivity index (χ0) is 18.9. The maximum atomic E-state index is 12.9. The van der Waals surface area contributed by atoms with E-state index < -0.39 is 17.4 Å². The minimum atomic E-state index is -0.888. The van der Waals surface area contributed by atoms with Crippen molar-refractivity contribution >= 4 is 29.4 Å². The van der Waals surface area contributed by atoms with Crippen LogP contribution in [-0.2, 0) is 9.59 Å². The summed E-state index contributed by atoms with van der Waals surface area (Å²) in [4.78, 5) is 38.2. The number of carbonyl (C=O) groups is 3. The molecule has 0 radical (unpaired) electrons. The molecule has 26 heavy (non-hydrogen) atoms. The van der Waals surface area contributed by atoms with Crippen molar-refractivity contribution in [1.82, 2.24) is 10.2 Å². The number of aliphatic carboxylic acids is 1. The largest absolute Gasteiger partial charge is 0.496 e. The van der Waals surface area contributed by atoms with E-state index in [1.54, 1.807) is 12.1 Å². The van der Waals surface area contributed by atoms with Crippen LogP contribution in [0.2, 0.25) is 5.02 Å². The average Bonchev–Trinajstić information content (AvgIpc) is 3.27. The lowest BCUT2D eigenvalue weighted by atomic mass is 10.1. The van der Waals surface area contributed by atoms with E-state index in [1.807, 2.05) is 0 Å². The molecule has 3 rings (SSSR count). The molecule has 1 heterocycles. The molecule has 1 saturated heterocycles. The highest BCUT2D eigenvalue weighted by atomic mass is 35.5. The first-order valence-electron chi connectivity index (χ1n) is 8.53. The smallest absolute Gasteiger partial charge is 0.311 e. The fourth-order valence-electron chi connectivity index (χ4n) is 3.28. The zero-order valence-electron chi connectivity index (χ0n) is 14.5. The normalized spacial score (nSPS) is 20.5. The summed E-state index contributed by atoms with van der Waals surface area (Å²) in [6.07, 6.45) is 2.38. The number of hydrogen-bond donors (Lipinski definition) is 2. The molecule has 2 N–H and O–H groups in total. The average molecular weight is 381 g/mol. The van der Waals surface area contributed by atoms with Crippen LogP contribution in [0.4, 0.5) is 0 Å². The Morgan fingerprint density at radius 2 is 2.12 bits per heavy atom. The summed E-state index contributed by atoms with van der Waals surface area (Å²) in [6, 6.07) is 4.16. The minimum absolute atomic E-state index is 0.0974. The molecule has 8 heteroatoms. The fourth-order valence-corrected chi connectivity index (χ4v) is 3.45. The van der Waals surface area contributed by atoms with Crippen molar-refractivity contribution in [1.29, 1.82) is 0 Å². The molecule has 1 aromatic rings. The Bertz CT molecular complexity index is 747. The van der Waals surface area contributed by atoms with Crippen LogP contribution in [0.25, 0.3) is 0 Å². The minimum Gasteiger partial charge on any atom is -0.496 e. The van der Waals surface area contributed by atoms with Crippen molar-refractivity contribution in [3.05, 3.63) is 28.8 Å². The number of halogens is 1. The molecule has 0 spiro atoms. The fraction of sp³-hybridized carbons (Fsp3) is 0.500. The number of nitrogens with zero attached hydrogens (tertiary/aromatic N) is 1. The summed E-state index contributed by atoms with van der Waals surface area (Å²) in [5, 5.41) is 12.3. The first-order valence-corrected chi connectivity index (χ1v) is 8.91. The topological polar surface area (TPSA) is 95.9 Å². The van der Waals surface area contributed by atoms with E-state index in [4.69, 9.17) is 16.3 Å². The number of amides is 2. The maximum Gasteiger partial charge on any atom is 0.311 e. The lowest BCUT2D eigenvalue weighted by Crippen LogP contribution is -2.47. The third-order valence-corrected chi connectivity index (χ3v) is 5.35. The first kappa shape index (κ1) is 18.5. The van der Waals surface area contributed by atoms with Crippen molar-refractivity contribution in [2.24, 2.45) is 5.41 Å². The van der Waals surface area contributed by atoms with E-state index in [1.165, 1.54) is 18.1 Å². The molecule has 0 bridgehead atoms. The predicted molar refractivity (Wildman–Crippen MR) is 94.4 cm³/mol. The molecule has 2 aliphatic rings. The van der Waals surface area contributed by atoms with Gasteiger partial charge in [0.15, 0.2) is 0 Å². The van der Waals surface area contributed by atoms with Crippen molar-refractivity contribution in [3.63, 3.8) is 0 Å². The lowest BCUT2D eigenvalue weighted by molar-refractivity contribution is -0.143. The summed E-state index contributed by atoms with van der Waals surface area (Å²) in [7, 11) is 1.47. The first-order chi connectivity index (χ1) is 12.4. The molecule has 1 atom stereocenters. The lowest BCUT2D eigenvalue weighted by Gasteiger charge is -2.25. The second-order valence-corrected chi connectivity index (χ2v) is 7.24. The van der Waals surface area contributed by atoms with E-state index >= 15 is 0 Å². The Balaban J connectivity index is 1.71. The Kier molecular flexibility index (Phi) is 5.09. The Morgan fingerprint density at radius 1 is 1.38 bits per heavy atom. The molecule has 2 amide bonds. The third-order valence-electron chi connectivity index (χ3n) is 5.12. The number of carboxylic acids is 1. The van der Waals surface area contributed by atoms with Crippen LogP contribution >= 0.6 is 11.6 Å². The second-order valence-electron chi connectivity index (χ2n) is 6.80.